The summed E-state index contributed by atoms with van der Waals surface area (Å²) < 4.78 is 1.15. The zero-order valence-electron chi connectivity index (χ0n) is 11.3. The van der Waals surface area contributed by atoms with Crippen molar-refractivity contribution >= 4 is 21.6 Å². The summed E-state index contributed by atoms with van der Waals surface area (Å²) in [6.45, 7) is 5.43. The van der Waals surface area contributed by atoms with Crippen LogP contribution in [0.2, 0.25) is 0 Å². The summed E-state index contributed by atoms with van der Waals surface area (Å²) in [7, 11) is 0. The number of hydrogen-bond donors (Lipinski definition) is 1. The second-order valence-electron chi connectivity index (χ2n) is 5.57. The lowest BCUT2D eigenvalue weighted by molar-refractivity contribution is 0.248. The van der Waals surface area contributed by atoms with E-state index < -0.39 is 0 Å². The molecule has 0 bridgehead atoms. The second-order valence-corrected chi connectivity index (χ2v) is 6.48. The van der Waals surface area contributed by atoms with Crippen LogP contribution in [0.3, 0.4) is 0 Å². The fraction of sp³-hybridized carbons (Fsp3) is 0.600. The molecule has 1 aliphatic heterocycles. The largest absolute Gasteiger partial charge is 0.369 e. The van der Waals surface area contributed by atoms with Crippen molar-refractivity contribution in [2.75, 3.05) is 37.6 Å². The highest BCUT2D eigenvalue weighted by Gasteiger charge is 2.31. The number of rotatable bonds is 4. The van der Waals surface area contributed by atoms with Gasteiger partial charge in [0, 0.05) is 42.4 Å². The number of anilines is 1. The molecule has 1 aromatic rings. The Morgan fingerprint density at radius 3 is 2.53 bits per heavy atom. The normalized spacial score (nSPS) is 20.8. The Bertz CT molecular complexity index is 437. The van der Waals surface area contributed by atoms with Crippen LogP contribution in [0.4, 0.5) is 5.69 Å². The van der Waals surface area contributed by atoms with Gasteiger partial charge in [-0.05, 0) is 49.6 Å². The van der Waals surface area contributed by atoms with Crippen molar-refractivity contribution in [1.82, 2.24) is 4.90 Å². The zero-order valence-corrected chi connectivity index (χ0v) is 12.9. The van der Waals surface area contributed by atoms with Gasteiger partial charge in [-0.2, -0.15) is 0 Å². The maximum atomic E-state index is 5.74. The molecule has 2 fully saturated rings. The monoisotopic (exact) mass is 323 g/mol. The summed E-state index contributed by atoms with van der Waals surface area (Å²) in [6.07, 6.45) is 3.78. The average Bonchev–Trinajstić information content (AvgIpc) is 3.24. The maximum absolute atomic E-state index is 5.74. The highest BCUT2D eigenvalue weighted by molar-refractivity contribution is 9.10. The summed E-state index contributed by atoms with van der Waals surface area (Å²) in [5.74, 6) is 0. The van der Waals surface area contributed by atoms with E-state index in [2.05, 4.69) is 43.9 Å². The van der Waals surface area contributed by atoms with E-state index >= 15 is 0 Å². The molecule has 19 heavy (non-hydrogen) atoms. The minimum atomic E-state index is 0.714. The topological polar surface area (TPSA) is 32.5 Å². The Labute approximate surface area is 123 Å². The van der Waals surface area contributed by atoms with Crippen LogP contribution in [0.15, 0.2) is 22.7 Å². The van der Waals surface area contributed by atoms with Gasteiger partial charge in [-0.3, -0.25) is 4.90 Å². The lowest BCUT2D eigenvalue weighted by atomic mass is 10.1. The van der Waals surface area contributed by atoms with E-state index in [-0.39, 0.29) is 0 Å². The van der Waals surface area contributed by atoms with E-state index in [0.717, 1.165) is 30.0 Å². The van der Waals surface area contributed by atoms with E-state index in [9.17, 15) is 0 Å². The Kier molecular flexibility index (Phi) is 4.10. The Hall–Kier alpha value is -0.580. The smallest absolute Gasteiger partial charge is 0.0400 e. The summed E-state index contributed by atoms with van der Waals surface area (Å²) in [6, 6.07) is 7.50. The van der Waals surface area contributed by atoms with Gasteiger partial charge in [0.15, 0.2) is 0 Å². The van der Waals surface area contributed by atoms with Gasteiger partial charge < -0.3 is 10.6 Å². The van der Waals surface area contributed by atoms with Crippen molar-refractivity contribution in [3.05, 3.63) is 28.2 Å². The first-order valence-corrected chi connectivity index (χ1v) is 8.05. The molecule has 2 aliphatic rings. The van der Waals surface area contributed by atoms with Crippen LogP contribution in [0.5, 0.6) is 0 Å². The Balaban J connectivity index is 1.71. The third-order valence-electron chi connectivity index (χ3n) is 4.17. The molecule has 0 atom stereocenters. The minimum absolute atomic E-state index is 0.714. The van der Waals surface area contributed by atoms with Crippen LogP contribution >= 0.6 is 15.9 Å². The van der Waals surface area contributed by atoms with E-state index in [1.54, 1.807) is 0 Å². The zero-order chi connectivity index (χ0) is 13.2. The molecule has 0 aromatic heterocycles. The van der Waals surface area contributed by atoms with Crippen LogP contribution < -0.4 is 10.6 Å². The summed E-state index contributed by atoms with van der Waals surface area (Å²) in [4.78, 5) is 5.17. The summed E-state index contributed by atoms with van der Waals surface area (Å²) in [5.41, 5.74) is 8.49. The van der Waals surface area contributed by atoms with Gasteiger partial charge in [-0.15, -0.1) is 0 Å². The van der Waals surface area contributed by atoms with Crippen molar-refractivity contribution in [3.63, 3.8) is 0 Å². The first kappa shape index (κ1) is 13.4. The molecule has 0 amide bonds. The molecular formula is C15H22BrN3. The minimum Gasteiger partial charge on any atom is -0.369 e. The van der Waals surface area contributed by atoms with Gasteiger partial charge in [0.25, 0.3) is 0 Å². The summed E-state index contributed by atoms with van der Waals surface area (Å²) >= 11 is 3.56. The van der Waals surface area contributed by atoms with Crippen molar-refractivity contribution in [2.45, 2.75) is 25.3 Å². The highest BCUT2D eigenvalue weighted by Crippen LogP contribution is 2.30. The van der Waals surface area contributed by atoms with Crippen LogP contribution in [-0.2, 0) is 6.42 Å². The number of halogens is 1. The fourth-order valence-electron chi connectivity index (χ4n) is 2.99. The fourth-order valence-corrected chi connectivity index (χ4v) is 3.39. The molecule has 2 N–H and O–H groups in total. The number of piperazine rings is 1. The molecule has 0 unspecified atom stereocenters. The summed E-state index contributed by atoms with van der Waals surface area (Å²) in [5, 5.41) is 0. The lowest BCUT2D eigenvalue weighted by Gasteiger charge is -2.37. The van der Waals surface area contributed by atoms with E-state index in [1.165, 1.54) is 37.2 Å². The second kappa shape index (κ2) is 5.81. The van der Waals surface area contributed by atoms with E-state index in [1.807, 2.05) is 0 Å². The molecule has 4 heteroatoms. The Morgan fingerprint density at radius 1 is 1.16 bits per heavy atom. The molecule has 3 nitrogen and oxygen atoms in total. The lowest BCUT2D eigenvalue weighted by Crippen LogP contribution is -2.47. The number of nitrogens with zero attached hydrogens (tertiary/aromatic N) is 2. The first-order valence-electron chi connectivity index (χ1n) is 7.25. The van der Waals surface area contributed by atoms with Gasteiger partial charge in [-0.1, -0.05) is 15.9 Å². The predicted molar refractivity (Wildman–Crippen MR) is 83.7 cm³/mol. The standard InChI is InChI=1S/C15H22BrN3/c16-13-1-4-15(12(11-13)5-6-17)19-9-7-18(8-10-19)14-2-3-14/h1,4,11,14H,2-3,5-10,17H2. The van der Waals surface area contributed by atoms with Gasteiger partial charge in [0.2, 0.25) is 0 Å². The maximum Gasteiger partial charge on any atom is 0.0400 e. The molecule has 1 heterocycles. The molecule has 0 spiro atoms. The SMILES string of the molecule is NCCc1cc(Br)ccc1N1CCN(C2CC2)CC1. The molecule has 1 saturated heterocycles. The molecule has 3 rings (SSSR count). The highest BCUT2D eigenvalue weighted by atomic mass is 79.9. The van der Waals surface area contributed by atoms with Crippen LogP contribution in [0, 0.1) is 0 Å². The van der Waals surface area contributed by atoms with Crippen molar-refractivity contribution in [2.24, 2.45) is 5.73 Å². The molecule has 1 aromatic carbocycles. The van der Waals surface area contributed by atoms with Crippen molar-refractivity contribution in [1.29, 1.82) is 0 Å². The number of hydrogen-bond acceptors (Lipinski definition) is 3. The van der Waals surface area contributed by atoms with Gasteiger partial charge in [0.05, 0.1) is 0 Å². The third-order valence-corrected chi connectivity index (χ3v) is 4.67. The van der Waals surface area contributed by atoms with Crippen LogP contribution in [0.1, 0.15) is 18.4 Å². The molecule has 1 saturated carbocycles. The van der Waals surface area contributed by atoms with Crippen LogP contribution in [-0.4, -0.2) is 43.7 Å². The quantitative estimate of drug-likeness (QED) is 0.922. The number of benzene rings is 1. The number of nitrogens with two attached hydrogens (primary N) is 1. The molecule has 1 aliphatic carbocycles. The molecule has 104 valence electrons. The molecular weight excluding hydrogens is 302 g/mol. The third kappa shape index (κ3) is 3.12. The van der Waals surface area contributed by atoms with Crippen molar-refractivity contribution in [3.8, 4) is 0 Å². The van der Waals surface area contributed by atoms with E-state index in [4.69, 9.17) is 5.73 Å². The van der Waals surface area contributed by atoms with E-state index in [0.29, 0.717) is 6.54 Å². The first-order chi connectivity index (χ1) is 9.28. The van der Waals surface area contributed by atoms with Crippen molar-refractivity contribution < 1.29 is 0 Å². The average molecular weight is 324 g/mol. The Morgan fingerprint density at radius 2 is 1.89 bits per heavy atom. The molecule has 0 radical (unpaired) electrons. The van der Waals surface area contributed by atoms with Gasteiger partial charge >= 0.3 is 0 Å². The van der Waals surface area contributed by atoms with Gasteiger partial charge in [0.1, 0.15) is 0 Å². The predicted octanol–water partition coefficient (Wildman–Crippen LogP) is 2.23. The van der Waals surface area contributed by atoms with Gasteiger partial charge in [-0.25, -0.2) is 0 Å². The van der Waals surface area contributed by atoms with Crippen LogP contribution in [0.25, 0.3) is 0 Å².